The van der Waals surface area contributed by atoms with Gasteiger partial charge in [-0.15, -0.1) is 0 Å². The predicted molar refractivity (Wildman–Crippen MR) is 96.9 cm³/mol. The van der Waals surface area contributed by atoms with E-state index in [4.69, 9.17) is 4.74 Å². The van der Waals surface area contributed by atoms with Gasteiger partial charge in [-0.3, -0.25) is 9.59 Å². The molecule has 0 saturated heterocycles. The molecule has 3 heteroatoms. The Hall–Kier alpha value is -1.74. The van der Waals surface area contributed by atoms with Crippen molar-refractivity contribution in [3.63, 3.8) is 0 Å². The van der Waals surface area contributed by atoms with E-state index in [1.807, 2.05) is 6.08 Å². The van der Waals surface area contributed by atoms with Gasteiger partial charge in [-0.2, -0.15) is 0 Å². The maximum Gasteiger partial charge on any atom is 0.184 e. The van der Waals surface area contributed by atoms with Gasteiger partial charge in [0.2, 0.25) is 0 Å². The lowest BCUT2D eigenvalue weighted by Gasteiger charge is -2.51. The topological polar surface area (TPSA) is 43.4 Å². The number of hydrogen-bond acceptors (Lipinski definition) is 3. The number of hydrogen-bond donors (Lipinski definition) is 0. The van der Waals surface area contributed by atoms with Crippen LogP contribution in [0.2, 0.25) is 0 Å². The van der Waals surface area contributed by atoms with E-state index in [0.717, 1.165) is 31.3 Å². The lowest BCUT2D eigenvalue weighted by molar-refractivity contribution is -0.120. The molecule has 0 aromatic carbocycles. The minimum atomic E-state index is -0.114. The number of carbonyl (C=O) groups is 2. The molecule has 0 bridgehead atoms. The molecule has 4 atom stereocenters. The fourth-order valence-electron chi connectivity index (χ4n) is 5.74. The highest BCUT2D eigenvalue weighted by Gasteiger charge is 2.53. The van der Waals surface area contributed by atoms with Crippen LogP contribution in [0.15, 0.2) is 47.1 Å². The monoisotopic (exact) mass is 338 g/mol. The summed E-state index contributed by atoms with van der Waals surface area (Å²) in [6.07, 6.45) is 14.1. The van der Waals surface area contributed by atoms with Crippen molar-refractivity contribution in [1.82, 2.24) is 0 Å². The van der Waals surface area contributed by atoms with Crippen LogP contribution >= 0.6 is 0 Å². The standard InChI is InChI=1S/C22H26O3/c1-21-10-8-15(23)12-14(21)4-5-16-17-6-7-19(20(24)13-25-3)22(17,2)11-9-18(16)21/h7-10,12,16-17H,4-6,11,13H2,1-3H3. The Balaban J connectivity index is 1.70. The molecule has 25 heavy (non-hydrogen) atoms. The van der Waals surface area contributed by atoms with E-state index in [2.05, 4.69) is 32.1 Å². The van der Waals surface area contributed by atoms with Gasteiger partial charge in [0.1, 0.15) is 6.61 Å². The van der Waals surface area contributed by atoms with Crippen molar-refractivity contribution in [2.24, 2.45) is 22.7 Å². The third-order valence-electron chi connectivity index (χ3n) is 7.11. The summed E-state index contributed by atoms with van der Waals surface area (Å²) in [5.41, 5.74) is 3.50. The van der Waals surface area contributed by atoms with E-state index >= 15 is 0 Å². The van der Waals surface area contributed by atoms with E-state index in [1.165, 1.54) is 11.1 Å². The Bertz CT molecular complexity index is 766. The van der Waals surface area contributed by atoms with Gasteiger partial charge >= 0.3 is 0 Å². The molecule has 4 unspecified atom stereocenters. The smallest absolute Gasteiger partial charge is 0.184 e. The first kappa shape index (κ1) is 16.7. The maximum atomic E-state index is 12.5. The third-order valence-corrected chi connectivity index (χ3v) is 7.11. The largest absolute Gasteiger partial charge is 0.377 e. The second kappa shape index (κ2) is 5.63. The lowest BCUT2D eigenvalue weighted by Crippen LogP contribution is -2.43. The fourth-order valence-corrected chi connectivity index (χ4v) is 5.74. The number of ether oxygens (including phenoxy) is 1. The van der Waals surface area contributed by atoms with Crippen LogP contribution in [0.1, 0.15) is 39.5 Å². The zero-order valence-corrected chi connectivity index (χ0v) is 15.3. The van der Waals surface area contributed by atoms with Gasteiger partial charge in [0.05, 0.1) is 0 Å². The van der Waals surface area contributed by atoms with Crippen molar-refractivity contribution in [2.45, 2.75) is 39.5 Å². The molecule has 0 N–H and O–H groups in total. The molecule has 3 nitrogen and oxygen atoms in total. The zero-order chi connectivity index (χ0) is 17.8. The number of ketones is 2. The lowest BCUT2D eigenvalue weighted by atomic mass is 9.52. The van der Waals surface area contributed by atoms with Gasteiger partial charge in [0, 0.05) is 23.5 Å². The van der Waals surface area contributed by atoms with Gasteiger partial charge in [0.25, 0.3) is 0 Å². The fraction of sp³-hybridized carbons (Fsp3) is 0.545. The van der Waals surface area contributed by atoms with E-state index < -0.39 is 0 Å². The Morgan fingerprint density at radius 2 is 2.12 bits per heavy atom. The second-order valence-corrected chi connectivity index (χ2v) is 8.35. The third kappa shape index (κ3) is 2.28. The van der Waals surface area contributed by atoms with Crippen LogP contribution < -0.4 is 0 Å². The van der Waals surface area contributed by atoms with Crippen LogP contribution in [-0.2, 0) is 14.3 Å². The van der Waals surface area contributed by atoms with Gasteiger partial charge in [-0.25, -0.2) is 0 Å². The van der Waals surface area contributed by atoms with E-state index in [1.54, 1.807) is 13.2 Å². The molecule has 0 radical (unpaired) electrons. The number of carbonyl (C=O) groups excluding carboxylic acids is 2. The first-order valence-corrected chi connectivity index (χ1v) is 9.27. The quantitative estimate of drug-likeness (QED) is 0.732. The molecule has 0 heterocycles. The zero-order valence-electron chi connectivity index (χ0n) is 15.3. The molecule has 1 fully saturated rings. The highest BCUT2D eigenvalue weighted by molar-refractivity contribution is 6.01. The van der Waals surface area contributed by atoms with E-state index in [9.17, 15) is 9.59 Å². The molecular formula is C22H26O3. The molecule has 0 aromatic rings. The molecule has 4 aliphatic rings. The summed E-state index contributed by atoms with van der Waals surface area (Å²) in [6, 6.07) is 0. The number of rotatable bonds is 3. The SMILES string of the molecule is COCC(=O)C1=CCC2C3CCC4=CC(=O)C=CC4(C)C3=CCC12C. The normalized spacial score (nSPS) is 39.0. The van der Waals surface area contributed by atoms with Crippen molar-refractivity contribution >= 4 is 11.6 Å². The van der Waals surface area contributed by atoms with Crippen LogP contribution in [0.3, 0.4) is 0 Å². The van der Waals surface area contributed by atoms with Gasteiger partial charge < -0.3 is 4.74 Å². The Labute approximate surface area is 149 Å². The summed E-state index contributed by atoms with van der Waals surface area (Å²) in [4.78, 5) is 24.3. The molecule has 0 amide bonds. The molecular weight excluding hydrogens is 312 g/mol. The van der Waals surface area contributed by atoms with Crippen LogP contribution in [0.25, 0.3) is 0 Å². The van der Waals surface area contributed by atoms with Crippen molar-refractivity contribution in [1.29, 1.82) is 0 Å². The van der Waals surface area contributed by atoms with Crippen molar-refractivity contribution in [3.8, 4) is 0 Å². The average molecular weight is 338 g/mol. The Morgan fingerprint density at radius 1 is 1.32 bits per heavy atom. The summed E-state index contributed by atoms with van der Waals surface area (Å²) in [5.74, 6) is 1.22. The van der Waals surface area contributed by atoms with Crippen molar-refractivity contribution < 1.29 is 14.3 Å². The highest BCUT2D eigenvalue weighted by Crippen LogP contribution is 2.62. The summed E-state index contributed by atoms with van der Waals surface area (Å²) in [5, 5.41) is 0. The molecule has 0 aliphatic heterocycles. The van der Waals surface area contributed by atoms with Gasteiger partial charge in [-0.1, -0.05) is 36.3 Å². The molecule has 1 saturated carbocycles. The molecule has 0 spiro atoms. The first-order chi connectivity index (χ1) is 11.9. The Morgan fingerprint density at radius 3 is 2.88 bits per heavy atom. The van der Waals surface area contributed by atoms with Gasteiger partial charge in [0.15, 0.2) is 11.6 Å². The molecule has 4 rings (SSSR count). The van der Waals surface area contributed by atoms with Crippen LogP contribution in [0.5, 0.6) is 0 Å². The minimum Gasteiger partial charge on any atom is -0.377 e. The number of methoxy groups -OCH3 is 1. The number of Topliss-reactive ketones (excluding diaryl/α,β-unsaturated/α-hetero) is 1. The first-order valence-electron chi connectivity index (χ1n) is 9.27. The van der Waals surface area contributed by atoms with E-state index in [0.29, 0.717) is 11.8 Å². The van der Waals surface area contributed by atoms with Crippen molar-refractivity contribution in [3.05, 3.63) is 47.1 Å². The second-order valence-electron chi connectivity index (χ2n) is 8.35. The number of fused-ring (bicyclic) bond motifs is 5. The van der Waals surface area contributed by atoms with Crippen LogP contribution in [0.4, 0.5) is 0 Å². The molecule has 132 valence electrons. The summed E-state index contributed by atoms with van der Waals surface area (Å²) < 4.78 is 5.09. The average Bonchev–Trinajstić information content (AvgIpc) is 2.93. The van der Waals surface area contributed by atoms with Crippen molar-refractivity contribution in [2.75, 3.05) is 13.7 Å². The number of allylic oxidation sites excluding steroid dienone is 7. The van der Waals surface area contributed by atoms with Crippen LogP contribution in [0, 0.1) is 22.7 Å². The van der Waals surface area contributed by atoms with Crippen LogP contribution in [-0.4, -0.2) is 25.3 Å². The molecule has 4 aliphatic carbocycles. The summed E-state index contributed by atoms with van der Waals surface area (Å²) in [7, 11) is 1.58. The van der Waals surface area contributed by atoms with E-state index in [-0.39, 0.29) is 29.0 Å². The predicted octanol–water partition coefficient (Wildman–Crippen LogP) is 3.97. The summed E-state index contributed by atoms with van der Waals surface area (Å²) >= 11 is 0. The minimum absolute atomic E-state index is 0.0739. The Kier molecular flexibility index (Phi) is 3.77. The summed E-state index contributed by atoms with van der Waals surface area (Å²) in [6.45, 7) is 4.68. The highest BCUT2D eigenvalue weighted by atomic mass is 16.5. The van der Waals surface area contributed by atoms with Gasteiger partial charge in [-0.05, 0) is 56.6 Å². The molecule has 0 aromatic heterocycles. The maximum absolute atomic E-state index is 12.5.